The number of aryl methyl sites for hydroxylation is 1. The Hall–Kier alpha value is -1.87. The summed E-state index contributed by atoms with van der Waals surface area (Å²) in [4.78, 5) is 12.2. The van der Waals surface area contributed by atoms with E-state index in [-0.39, 0.29) is 10.6 Å². The summed E-state index contributed by atoms with van der Waals surface area (Å²) in [5.74, 6) is -1.08. The number of carbonyl (C=O) groups excluding carboxylic acids is 1. The Bertz CT molecular complexity index is 625. The highest BCUT2D eigenvalue weighted by molar-refractivity contribution is 6.30. The van der Waals surface area contributed by atoms with Crippen molar-refractivity contribution in [1.82, 2.24) is 0 Å². The maximum Gasteiger partial charge on any atom is 0.198 e. The normalized spacial score (nSPS) is 10.4. The molecule has 0 radical (unpaired) electrons. The molecule has 0 aliphatic heterocycles. The summed E-state index contributed by atoms with van der Waals surface area (Å²) in [6.45, 7) is 1.84. The van der Waals surface area contributed by atoms with E-state index in [9.17, 15) is 9.18 Å². The van der Waals surface area contributed by atoms with Crippen LogP contribution >= 0.6 is 11.6 Å². The largest absolute Gasteiger partial charge is 0.398 e. The first-order valence-electron chi connectivity index (χ1n) is 5.35. The number of ketones is 1. The summed E-state index contributed by atoms with van der Waals surface area (Å²) in [6.07, 6.45) is 0. The molecule has 2 aromatic rings. The van der Waals surface area contributed by atoms with E-state index in [4.69, 9.17) is 17.3 Å². The Morgan fingerprint density at radius 1 is 1.17 bits per heavy atom. The molecule has 0 saturated carbocycles. The van der Waals surface area contributed by atoms with Gasteiger partial charge >= 0.3 is 0 Å². The quantitative estimate of drug-likeness (QED) is 0.664. The molecule has 92 valence electrons. The minimum atomic E-state index is -0.645. The predicted octanol–water partition coefficient (Wildman–Crippen LogP) is 3.60. The standard InChI is InChI=1S/C14H11ClFNO/c1-8-2-5-13(17)11(6-8)14(18)10-4-3-9(15)7-12(10)16/h2-7H,17H2,1H3. The maximum atomic E-state index is 13.7. The van der Waals surface area contributed by atoms with Gasteiger partial charge in [-0.15, -0.1) is 0 Å². The van der Waals surface area contributed by atoms with E-state index in [1.54, 1.807) is 18.2 Å². The summed E-state index contributed by atoms with van der Waals surface area (Å²) in [5.41, 5.74) is 7.23. The van der Waals surface area contributed by atoms with Gasteiger partial charge in [-0.2, -0.15) is 0 Å². The lowest BCUT2D eigenvalue weighted by Gasteiger charge is -2.07. The van der Waals surface area contributed by atoms with Crippen LogP contribution in [0.2, 0.25) is 5.02 Å². The molecule has 0 spiro atoms. The van der Waals surface area contributed by atoms with Crippen LogP contribution < -0.4 is 5.73 Å². The third-order valence-corrected chi connectivity index (χ3v) is 2.86. The monoisotopic (exact) mass is 263 g/mol. The van der Waals surface area contributed by atoms with Gasteiger partial charge in [0.2, 0.25) is 0 Å². The number of rotatable bonds is 2. The highest BCUT2D eigenvalue weighted by Crippen LogP contribution is 2.22. The van der Waals surface area contributed by atoms with E-state index in [0.717, 1.165) is 11.6 Å². The molecule has 4 heteroatoms. The third kappa shape index (κ3) is 2.36. The van der Waals surface area contributed by atoms with E-state index < -0.39 is 11.6 Å². The summed E-state index contributed by atoms with van der Waals surface area (Å²) in [7, 11) is 0. The van der Waals surface area contributed by atoms with Crippen molar-refractivity contribution < 1.29 is 9.18 Å². The van der Waals surface area contributed by atoms with Gasteiger partial charge in [0.25, 0.3) is 0 Å². The van der Waals surface area contributed by atoms with Crippen molar-refractivity contribution in [3.63, 3.8) is 0 Å². The van der Waals surface area contributed by atoms with Crippen LogP contribution in [-0.2, 0) is 0 Å². The first-order chi connectivity index (χ1) is 8.49. The average Bonchev–Trinajstić information content (AvgIpc) is 2.31. The number of nitrogen functional groups attached to an aromatic ring is 1. The SMILES string of the molecule is Cc1ccc(N)c(C(=O)c2ccc(Cl)cc2F)c1. The van der Waals surface area contributed by atoms with E-state index in [2.05, 4.69) is 0 Å². The van der Waals surface area contributed by atoms with Gasteiger partial charge < -0.3 is 5.73 Å². The molecule has 0 aliphatic rings. The minimum absolute atomic E-state index is 0.0308. The molecule has 0 saturated heterocycles. The Morgan fingerprint density at radius 3 is 2.56 bits per heavy atom. The average molecular weight is 264 g/mol. The highest BCUT2D eigenvalue weighted by Gasteiger charge is 2.16. The molecule has 0 aliphatic carbocycles. The lowest BCUT2D eigenvalue weighted by molar-refractivity contribution is 0.103. The predicted molar refractivity (Wildman–Crippen MR) is 70.4 cm³/mol. The van der Waals surface area contributed by atoms with Gasteiger partial charge in [-0.1, -0.05) is 23.2 Å². The number of anilines is 1. The molecular weight excluding hydrogens is 253 g/mol. The van der Waals surface area contributed by atoms with E-state index in [1.165, 1.54) is 12.1 Å². The second-order valence-corrected chi connectivity index (χ2v) is 4.48. The van der Waals surface area contributed by atoms with Crippen LogP contribution in [0, 0.1) is 12.7 Å². The number of hydrogen-bond acceptors (Lipinski definition) is 2. The fourth-order valence-electron chi connectivity index (χ4n) is 1.69. The van der Waals surface area contributed by atoms with E-state index in [1.807, 2.05) is 6.92 Å². The van der Waals surface area contributed by atoms with Crippen molar-refractivity contribution in [1.29, 1.82) is 0 Å². The lowest BCUT2D eigenvalue weighted by atomic mass is 9.99. The molecule has 0 atom stereocenters. The Kier molecular flexibility index (Phi) is 3.34. The topological polar surface area (TPSA) is 43.1 Å². The zero-order valence-electron chi connectivity index (χ0n) is 9.71. The molecule has 0 unspecified atom stereocenters. The zero-order chi connectivity index (χ0) is 13.3. The molecule has 2 rings (SSSR count). The number of carbonyl (C=O) groups is 1. The van der Waals surface area contributed by atoms with Gasteiger partial charge in [0.05, 0.1) is 5.56 Å². The molecular formula is C14H11ClFNO. The van der Waals surface area contributed by atoms with Gasteiger partial charge in [-0.3, -0.25) is 4.79 Å². The van der Waals surface area contributed by atoms with Gasteiger partial charge in [-0.05, 0) is 37.3 Å². The minimum Gasteiger partial charge on any atom is -0.398 e. The van der Waals surface area contributed by atoms with Crippen LogP contribution in [0.25, 0.3) is 0 Å². The van der Waals surface area contributed by atoms with Crippen molar-refractivity contribution in [2.45, 2.75) is 6.92 Å². The Balaban J connectivity index is 2.51. The van der Waals surface area contributed by atoms with Gasteiger partial charge in [0, 0.05) is 16.3 Å². The third-order valence-electron chi connectivity index (χ3n) is 2.63. The first-order valence-corrected chi connectivity index (χ1v) is 5.72. The van der Waals surface area contributed by atoms with Gasteiger partial charge in [0.15, 0.2) is 5.78 Å². The number of benzene rings is 2. The van der Waals surface area contributed by atoms with Gasteiger partial charge in [-0.25, -0.2) is 4.39 Å². The zero-order valence-corrected chi connectivity index (χ0v) is 10.5. The van der Waals surface area contributed by atoms with Crippen LogP contribution in [0.5, 0.6) is 0 Å². The van der Waals surface area contributed by atoms with Crippen molar-refractivity contribution in [2.24, 2.45) is 0 Å². The summed E-state index contributed by atoms with van der Waals surface area (Å²) in [6, 6.07) is 9.03. The summed E-state index contributed by atoms with van der Waals surface area (Å²) < 4.78 is 13.7. The molecule has 18 heavy (non-hydrogen) atoms. The maximum absolute atomic E-state index is 13.7. The van der Waals surface area contributed by atoms with E-state index >= 15 is 0 Å². The summed E-state index contributed by atoms with van der Waals surface area (Å²) >= 11 is 5.65. The fraction of sp³-hybridized carbons (Fsp3) is 0.0714. The van der Waals surface area contributed by atoms with E-state index in [0.29, 0.717) is 11.3 Å². The van der Waals surface area contributed by atoms with Gasteiger partial charge in [0.1, 0.15) is 5.82 Å². The van der Waals surface area contributed by atoms with Crippen LogP contribution in [0.1, 0.15) is 21.5 Å². The van der Waals surface area contributed by atoms with Crippen LogP contribution in [0.15, 0.2) is 36.4 Å². The summed E-state index contributed by atoms with van der Waals surface area (Å²) in [5, 5.41) is 0.251. The smallest absolute Gasteiger partial charge is 0.198 e. The molecule has 2 nitrogen and oxygen atoms in total. The second-order valence-electron chi connectivity index (χ2n) is 4.04. The van der Waals surface area contributed by atoms with Crippen LogP contribution in [0.3, 0.4) is 0 Å². The first kappa shape index (κ1) is 12.6. The number of halogens is 2. The van der Waals surface area contributed by atoms with Crippen LogP contribution in [0.4, 0.5) is 10.1 Å². The van der Waals surface area contributed by atoms with Crippen molar-refractivity contribution in [3.05, 3.63) is 63.9 Å². The number of nitrogens with two attached hydrogens (primary N) is 1. The second kappa shape index (κ2) is 4.78. The molecule has 2 N–H and O–H groups in total. The van der Waals surface area contributed by atoms with Crippen LogP contribution in [-0.4, -0.2) is 5.78 Å². The van der Waals surface area contributed by atoms with Crippen molar-refractivity contribution >= 4 is 23.1 Å². The Morgan fingerprint density at radius 2 is 1.89 bits per heavy atom. The number of hydrogen-bond donors (Lipinski definition) is 1. The highest BCUT2D eigenvalue weighted by atomic mass is 35.5. The fourth-order valence-corrected chi connectivity index (χ4v) is 1.84. The molecule has 0 aromatic heterocycles. The van der Waals surface area contributed by atoms with Crippen molar-refractivity contribution in [2.75, 3.05) is 5.73 Å². The lowest BCUT2D eigenvalue weighted by Crippen LogP contribution is -2.07. The molecule has 0 heterocycles. The molecule has 2 aromatic carbocycles. The molecule has 0 amide bonds. The molecule has 0 fully saturated rings. The Labute approximate surface area is 109 Å². The van der Waals surface area contributed by atoms with Crippen molar-refractivity contribution in [3.8, 4) is 0 Å². The molecule has 0 bridgehead atoms.